The third kappa shape index (κ3) is 2.24. The molecule has 1 aromatic rings. The van der Waals surface area contributed by atoms with E-state index in [1.54, 1.807) is 0 Å². The number of carbonyl (C=O) groups excluding carboxylic acids is 1. The maximum absolute atomic E-state index is 12.5. The van der Waals surface area contributed by atoms with Crippen molar-refractivity contribution in [1.82, 2.24) is 4.98 Å². The molecule has 0 radical (unpaired) electrons. The minimum absolute atomic E-state index is 0.0957. The molecule has 1 heterocycles. The summed E-state index contributed by atoms with van der Waals surface area (Å²) in [5.41, 5.74) is 0. The first-order valence-corrected chi connectivity index (χ1v) is 4.04. The van der Waals surface area contributed by atoms with Crippen molar-refractivity contribution in [2.24, 2.45) is 0 Å². The predicted octanol–water partition coefficient (Wildman–Crippen LogP) is 1.59. The van der Waals surface area contributed by atoms with Gasteiger partial charge in [0, 0.05) is 13.5 Å². The quantitative estimate of drug-likeness (QED) is 0.695. The Balaban J connectivity index is 2.92. The molecule has 0 saturated heterocycles. The van der Waals surface area contributed by atoms with Crippen LogP contribution in [0.4, 0.5) is 10.2 Å². The Morgan fingerprint density at radius 3 is 2.69 bits per heavy atom. The summed E-state index contributed by atoms with van der Waals surface area (Å²) in [5.74, 6) is -0.0126. The Kier molecular flexibility index (Phi) is 2.95. The standard InChI is InChI=1S/C9H11FN2O/c1-3-12(7(2)13)9-5-4-8(10)6-11-9/h4-6H,3H2,1-2H3. The van der Waals surface area contributed by atoms with Gasteiger partial charge in [-0.15, -0.1) is 0 Å². The number of rotatable bonds is 2. The molecule has 0 aliphatic rings. The van der Waals surface area contributed by atoms with Gasteiger partial charge in [0.25, 0.3) is 0 Å². The molecule has 1 aromatic heterocycles. The number of amides is 1. The molecule has 0 saturated carbocycles. The Morgan fingerprint density at radius 2 is 2.31 bits per heavy atom. The lowest BCUT2D eigenvalue weighted by atomic mass is 10.4. The third-order valence-corrected chi connectivity index (χ3v) is 1.68. The van der Waals surface area contributed by atoms with Crippen LogP contribution in [-0.2, 0) is 4.79 Å². The molecule has 1 rings (SSSR count). The second-order valence-electron chi connectivity index (χ2n) is 2.60. The van der Waals surface area contributed by atoms with Gasteiger partial charge < -0.3 is 0 Å². The average Bonchev–Trinajstić information content (AvgIpc) is 2.09. The first kappa shape index (κ1) is 9.64. The first-order chi connectivity index (χ1) is 6.15. The molecule has 3 nitrogen and oxygen atoms in total. The molecule has 13 heavy (non-hydrogen) atoms. The fourth-order valence-corrected chi connectivity index (χ4v) is 1.07. The first-order valence-electron chi connectivity index (χ1n) is 4.04. The number of hydrogen-bond donors (Lipinski definition) is 0. The largest absolute Gasteiger partial charge is 0.297 e. The highest BCUT2D eigenvalue weighted by molar-refractivity contribution is 5.90. The molecule has 0 bridgehead atoms. The minimum Gasteiger partial charge on any atom is -0.297 e. The van der Waals surface area contributed by atoms with Crippen molar-refractivity contribution < 1.29 is 9.18 Å². The molecule has 4 heteroatoms. The van der Waals surface area contributed by atoms with Crippen molar-refractivity contribution in [3.05, 3.63) is 24.1 Å². The zero-order chi connectivity index (χ0) is 9.84. The van der Waals surface area contributed by atoms with Crippen LogP contribution in [0.15, 0.2) is 18.3 Å². The summed E-state index contributed by atoms with van der Waals surface area (Å²) in [6.45, 7) is 3.83. The van der Waals surface area contributed by atoms with E-state index in [-0.39, 0.29) is 5.91 Å². The van der Waals surface area contributed by atoms with Crippen molar-refractivity contribution in [3.63, 3.8) is 0 Å². The summed E-state index contributed by atoms with van der Waals surface area (Å²) >= 11 is 0. The molecule has 70 valence electrons. The number of pyridine rings is 1. The van der Waals surface area contributed by atoms with E-state index in [0.717, 1.165) is 6.20 Å². The molecule has 0 aromatic carbocycles. The van der Waals surface area contributed by atoms with Gasteiger partial charge in [-0.2, -0.15) is 0 Å². The van der Waals surface area contributed by atoms with Crippen LogP contribution in [0.3, 0.4) is 0 Å². The molecule has 0 aliphatic heterocycles. The van der Waals surface area contributed by atoms with Gasteiger partial charge in [0.2, 0.25) is 5.91 Å². The van der Waals surface area contributed by atoms with E-state index in [1.165, 1.54) is 24.0 Å². The van der Waals surface area contributed by atoms with Gasteiger partial charge in [-0.1, -0.05) is 0 Å². The molecular formula is C9H11FN2O. The Bertz CT molecular complexity index is 297. The Morgan fingerprint density at radius 1 is 1.62 bits per heavy atom. The lowest BCUT2D eigenvalue weighted by molar-refractivity contribution is -0.116. The Hall–Kier alpha value is -1.45. The monoisotopic (exact) mass is 182 g/mol. The normalized spacial score (nSPS) is 9.77. The molecule has 0 spiro atoms. The van der Waals surface area contributed by atoms with Crippen LogP contribution in [0, 0.1) is 5.82 Å². The van der Waals surface area contributed by atoms with Crippen LogP contribution in [0.25, 0.3) is 0 Å². The number of carbonyl (C=O) groups is 1. The zero-order valence-corrected chi connectivity index (χ0v) is 7.62. The minimum atomic E-state index is -0.400. The number of halogens is 1. The van der Waals surface area contributed by atoms with E-state index in [9.17, 15) is 9.18 Å². The fraction of sp³-hybridized carbons (Fsp3) is 0.333. The van der Waals surface area contributed by atoms with Gasteiger partial charge in [-0.05, 0) is 19.1 Å². The second-order valence-corrected chi connectivity index (χ2v) is 2.60. The molecule has 0 unspecified atom stereocenters. The summed E-state index contributed by atoms with van der Waals surface area (Å²) in [4.78, 5) is 16.3. The van der Waals surface area contributed by atoms with Gasteiger partial charge in [-0.25, -0.2) is 9.37 Å². The number of hydrogen-bond acceptors (Lipinski definition) is 2. The molecule has 1 amide bonds. The third-order valence-electron chi connectivity index (χ3n) is 1.68. The summed E-state index contributed by atoms with van der Waals surface area (Å²) < 4.78 is 12.5. The highest BCUT2D eigenvalue weighted by Crippen LogP contribution is 2.10. The van der Waals surface area contributed by atoms with Gasteiger partial charge in [0.05, 0.1) is 6.20 Å². The molecule has 0 aliphatic carbocycles. The van der Waals surface area contributed by atoms with Crippen molar-refractivity contribution in [2.45, 2.75) is 13.8 Å². The molecule has 0 atom stereocenters. The smallest absolute Gasteiger partial charge is 0.225 e. The topological polar surface area (TPSA) is 33.2 Å². The maximum atomic E-state index is 12.5. The van der Waals surface area contributed by atoms with Crippen LogP contribution < -0.4 is 4.90 Å². The lowest BCUT2D eigenvalue weighted by Gasteiger charge is -2.17. The molecule has 0 fully saturated rings. The van der Waals surface area contributed by atoms with E-state index in [2.05, 4.69) is 4.98 Å². The highest BCUT2D eigenvalue weighted by atomic mass is 19.1. The van der Waals surface area contributed by atoms with Crippen molar-refractivity contribution in [3.8, 4) is 0 Å². The number of anilines is 1. The van der Waals surface area contributed by atoms with Crippen molar-refractivity contribution >= 4 is 11.7 Å². The highest BCUT2D eigenvalue weighted by Gasteiger charge is 2.09. The summed E-state index contributed by atoms with van der Waals surface area (Å²) in [7, 11) is 0. The number of nitrogens with zero attached hydrogens (tertiary/aromatic N) is 2. The zero-order valence-electron chi connectivity index (χ0n) is 7.62. The Labute approximate surface area is 76.2 Å². The van der Waals surface area contributed by atoms with Gasteiger partial charge in [0.15, 0.2) is 0 Å². The van der Waals surface area contributed by atoms with E-state index < -0.39 is 5.82 Å². The fourth-order valence-electron chi connectivity index (χ4n) is 1.07. The van der Waals surface area contributed by atoms with Crippen LogP contribution >= 0.6 is 0 Å². The molecular weight excluding hydrogens is 171 g/mol. The van der Waals surface area contributed by atoms with Crippen LogP contribution in [0.5, 0.6) is 0 Å². The van der Waals surface area contributed by atoms with E-state index in [4.69, 9.17) is 0 Å². The van der Waals surface area contributed by atoms with Gasteiger partial charge >= 0.3 is 0 Å². The predicted molar refractivity (Wildman–Crippen MR) is 47.9 cm³/mol. The van der Waals surface area contributed by atoms with E-state index in [0.29, 0.717) is 12.4 Å². The van der Waals surface area contributed by atoms with Crippen LogP contribution in [-0.4, -0.2) is 17.4 Å². The average molecular weight is 182 g/mol. The summed E-state index contributed by atoms with van der Waals surface area (Å²) in [5, 5.41) is 0. The lowest BCUT2D eigenvalue weighted by Crippen LogP contribution is -2.28. The van der Waals surface area contributed by atoms with E-state index in [1.807, 2.05) is 6.92 Å². The molecule has 0 N–H and O–H groups in total. The maximum Gasteiger partial charge on any atom is 0.225 e. The van der Waals surface area contributed by atoms with Gasteiger partial charge in [-0.3, -0.25) is 9.69 Å². The van der Waals surface area contributed by atoms with Gasteiger partial charge in [0.1, 0.15) is 11.6 Å². The van der Waals surface area contributed by atoms with Crippen LogP contribution in [0.2, 0.25) is 0 Å². The summed E-state index contributed by atoms with van der Waals surface area (Å²) in [6.07, 6.45) is 1.10. The SMILES string of the molecule is CCN(C(C)=O)c1ccc(F)cn1. The summed E-state index contributed by atoms with van der Waals surface area (Å²) in [6, 6.07) is 2.77. The van der Waals surface area contributed by atoms with E-state index >= 15 is 0 Å². The number of aromatic nitrogens is 1. The van der Waals surface area contributed by atoms with Crippen molar-refractivity contribution in [1.29, 1.82) is 0 Å². The van der Waals surface area contributed by atoms with Crippen LogP contribution in [0.1, 0.15) is 13.8 Å². The second kappa shape index (κ2) is 3.98. The van der Waals surface area contributed by atoms with Crippen molar-refractivity contribution in [2.75, 3.05) is 11.4 Å².